The molecule has 3 rings (SSSR count). The van der Waals surface area contributed by atoms with E-state index in [0.717, 1.165) is 38.0 Å². The van der Waals surface area contributed by atoms with Gasteiger partial charge in [-0.25, -0.2) is 0 Å². The molecule has 0 bridgehead atoms. The number of anilines is 1. The van der Waals surface area contributed by atoms with Crippen LogP contribution in [0.1, 0.15) is 44.6 Å². The predicted molar refractivity (Wildman–Crippen MR) is 91.0 cm³/mol. The molecule has 1 aromatic rings. The van der Waals surface area contributed by atoms with E-state index in [1.807, 2.05) is 0 Å². The molecule has 1 N–H and O–H groups in total. The maximum Gasteiger partial charge on any atom is 0.0367 e. The van der Waals surface area contributed by atoms with Gasteiger partial charge in [-0.2, -0.15) is 0 Å². The molecule has 0 aromatic heterocycles. The van der Waals surface area contributed by atoms with E-state index < -0.39 is 0 Å². The van der Waals surface area contributed by atoms with Crippen molar-refractivity contribution in [2.45, 2.75) is 45.4 Å². The fourth-order valence-electron chi connectivity index (χ4n) is 3.94. The van der Waals surface area contributed by atoms with E-state index in [1.54, 1.807) is 0 Å². The number of rotatable bonds is 4. The minimum Gasteiger partial charge on any atom is -0.369 e. The summed E-state index contributed by atoms with van der Waals surface area (Å²) in [5.41, 5.74) is 2.93. The molecule has 2 nitrogen and oxygen atoms in total. The largest absolute Gasteiger partial charge is 0.369 e. The minimum atomic E-state index is 0.929. The Morgan fingerprint density at radius 3 is 2.19 bits per heavy atom. The third-order valence-corrected chi connectivity index (χ3v) is 5.49. The SMILES string of the molecule is CCC1CCC(Cc2ccc(N3CCNCC3)cc2)CC1. The summed E-state index contributed by atoms with van der Waals surface area (Å²) in [6, 6.07) is 9.39. The Bertz CT molecular complexity index is 412. The van der Waals surface area contributed by atoms with Gasteiger partial charge >= 0.3 is 0 Å². The zero-order valence-corrected chi connectivity index (χ0v) is 13.5. The summed E-state index contributed by atoms with van der Waals surface area (Å²) < 4.78 is 0. The highest BCUT2D eigenvalue weighted by atomic mass is 15.2. The predicted octanol–water partition coefficient (Wildman–Crippen LogP) is 3.86. The Labute approximate surface area is 129 Å². The van der Waals surface area contributed by atoms with Gasteiger partial charge in [-0.3, -0.25) is 0 Å². The highest BCUT2D eigenvalue weighted by Crippen LogP contribution is 2.32. The highest BCUT2D eigenvalue weighted by Gasteiger charge is 2.20. The molecule has 1 saturated heterocycles. The van der Waals surface area contributed by atoms with Crippen molar-refractivity contribution in [1.29, 1.82) is 0 Å². The first-order chi connectivity index (χ1) is 10.3. The van der Waals surface area contributed by atoms with E-state index in [0.29, 0.717) is 0 Å². The minimum absolute atomic E-state index is 0.929. The molecule has 0 radical (unpaired) electrons. The number of nitrogens with zero attached hydrogens (tertiary/aromatic N) is 1. The first kappa shape index (κ1) is 14.9. The van der Waals surface area contributed by atoms with Gasteiger partial charge in [-0.15, -0.1) is 0 Å². The van der Waals surface area contributed by atoms with Gasteiger partial charge in [0.1, 0.15) is 0 Å². The third-order valence-electron chi connectivity index (χ3n) is 5.49. The molecule has 1 saturated carbocycles. The lowest BCUT2D eigenvalue weighted by molar-refractivity contribution is 0.268. The van der Waals surface area contributed by atoms with Crippen LogP contribution in [0.3, 0.4) is 0 Å². The normalized spacial score (nSPS) is 26.8. The second kappa shape index (κ2) is 7.31. The molecule has 1 heterocycles. The molecular formula is C19H30N2. The summed E-state index contributed by atoms with van der Waals surface area (Å²) in [6.45, 7) is 6.85. The van der Waals surface area contributed by atoms with Crippen LogP contribution < -0.4 is 10.2 Å². The van der Waals surface area contributed by atoms with E-state index in [4.69, 9.17) is 0 Å². The summed E-state index contributed by atoms with van der Waals surface area (Å²) in [6.07, 6.45) is 8.47. The first-order valence-corrected chi connectivity index (χ1v) is 8.89. The molecule has 2 fully saturated rings. The van der Waals surface area contributed by atoms with Crippen LogP contribution in [0.2, 0.25) is 0 Å². The number of nitrogens with one attached hydrogen (secondary N) is 1. The van der Waals surface area contributed by atoms with E-state index >= 15 is 0 Å². The lowest BCUT2D eigenvalue weighted by Gasteiger charge is -2.30. The maximum absolute atomic E-state index is 3.42. The standard InChI is InChI=1S/C19H30N2/c1-2-16-3-5-17(6-4-16)15-18-7-9-19(10-8-18)21-13-11-20-12-14-21/h7-10,16-17,20H,2-6,11-15H2,1H3. The first-order valence-electron chi connectivity index (χ1n) is 8.89. The summed E-state index contributed by atoms with van der Waals surface area (Å²) in [4.78, 5) is 2.49. The zero-order chi connectivity index (χ0) is 14.5. The van der Waals surface area contributed by atoms with Crippen molar-refractivity contribution in [2.75, 3.05) is 31.1 Å². The fraction of sp³-hybridized carbons (Fsp3) is 0.684. The van der Waals surface area contributed by atoms with Crippen LogP contribution in [0.15, 0.2) is 24.3 Å². The molecule has 1 aliphatic heterocycles. The molecule has 116 valence electrons. The van der Waals surface area contributed by atoms with Gasteiger partial charge in [0.25, 0.3) is 0 Å². The Morgan fingerprint density at radius 2 is 1.57 bits per heavy atom. The van der Waals surface area contributed by atoms with E-state index in [-0.39, 0.29) is 0 Å². The molecule has 1 aromatic carbocycles. The molecule has 2 aliphatic rings. The van der Waals surface area contributed by atoms with Crippen molar-refractivity contribution in [3.05, 3.63) is 29.8 Å². The Morgan fingerprint density at radius 1 is 0.952 bits per heavy atom. The topological polar surface area (TPSA) is 15.3 Å². The van der Waals surface area contributed by atoms with Crippen molar-refractivity contribution >= 4 is 5.69 Å². The lowest BCUT2D eigenvalue weighted by Crippen LogP contribution is -2.43. The molecule has 0 amide bonds. The van der Waals surface area contributed by atoms with Crippen LogP contribution in [0.25, 0.3) is 0 Å². The monoisotopic (exact) mass is 286 g/mol. The molecule has 1 aliphatic carbocycles. The molecule has 2 heteroatoms. The molecule has 21 heavy (non-hydrogen) atoms. The quantitative estimate of drug-likeness (QED) is 0.904. The maximum atomic E-state index is 3.42. The third kappa shape index (κ3) is 4.00. The summed E-state index contributed by atoms with van der Waals surface area (Å²) >= 11 is 0. The number of hydrogen-bond acceptors (Lipinski definition) is 2. The van der Waals surface area contributed by atoms with Crippen molar-refractivity contribution in [3.63, 3.8) is 0 Å². The smallest absolute Gasteiger partial charge is 0.0367 e. The van der Waals surface area contributed by atoms with Crippen LogP contribution in [0, 0.1) is 11.8 Å². The van der Waals surface area contributed by atoms with Crippen LogP contribution in [0.4, 0.5) is 5.69 Å². The summed E-state index contributed by atoms with van der Waals surface area (Å²) in [5.74, 6) is 1.94. The lowest BCUT2D eigenvalue weighted by atomic mass is 9.78. The number of hydrogen-bond donors (Lipinski definition) is 1. The van der Waals surface area contributed by atoms with Crippen molar-refractivity contribution < 1.29 is 0 Å². The van der Waals surface area contributed by atoms with Crippen LogP contribution in [0.5, 0.6) is 0 Å². The van der Waals surface area contributed by atoms with E-state index in [2.05, 4.69) is 41.4 Å². The Balaban J connectivity index is 1.52. The zero-order valence-electron chi connectivity index (χ0n) is 13.5. The Hall–Kier alpha value is -1.02. The van der Waals surface area contributed by atoms with E-state index in [9.17, 15) is 0 Å². The fourth-order valence-corrected chi connectivity index (χ4v) is 3.94. The average Bonchev–Trinajstić information content (AvgIpc) is 2.57. The van der Waals surface area contributed by atoms with Gasteiger partial charge in [0.05, 0.1) is 0 Å². The summed E-state index contributed by atoms with van der Waals surface area (Å²) in [7, 11) is 0. The van der Waals surface area contributed by atoms with Gasteiger partial charge in [-0.1, -0.05) is 38.3 Å². The second-order valence-electron chi connectivity index (χ2n) is 6.90. The number of piperazine rings is 1. The number of benzene rings is 1. The van der Waals surface area contributed by atoms with Crippen molar-refractivity contribution in [1.82, 2.24) is 5.32 Å². The van der Waals surface area contributed by atoms with Gasteiger partial charge in [-0.05, 0) is 48.8 Å². The second-order valence-corrected chi connectivity index (χ2v) is 6.90. The van der Waals surface area contributed by atoms with Crippen LogP contribution in [-0.4, -0.2) is 26.2 Å². The van der Waals surface area contributed by atoms with Gasteiger partial charge in [0.2, 0.25) is 0 Å². The van der Waals surface area contributed by atoms with Crippen molar-refractivity contribution in [3.8, 4) is 0 Å². The molecular weight excluding hydrogens is 256 g/mol. The van der Waals surface area contributed by atoms with E-state index in [1.165, 1.54) is 49.8 Å². The Kier molecular flexibility index (Phi) is 5.18. The highest BCUT2D eigenvalue weighted by molar-refractivity contribution is 5.48. The van der Waals surface area contributed by atoms with Gasteiger partial charge in [0, 0.05) is 31.9 Å². The molecule has 0 spiro atoms. The summed E-state index contributed by atoms with van der Waals surface area (Å²) in [5, 5.41) is 3.42. The molecule has 0 atom stereocenters. The van der Waals surface area contributed by atoms with Crippen LogP contribution in [-0.2, 0) is 6.42 Å². The molecule has 0 unspecified atom stereocenters. The average molecular weight is 286 g/mol. The van der Waals surface area contributed by atoms with Crippen molar-refractivity contribution in [2.24, 2.45) is 11.8 Å². The van der Waals surface area contributed by atoms with Gasteiger partial charge < -0.3 is 10.2 Å². The van der Waals surface area contributed by atoms with Gasteiger partial charge in [0.15, 0.2) is 0 Å². The van der Waals surface area contributed by atoms with Crippen LogP contribution >= 0.6 is 0 Å².